The number of fused-ring (bicyclic) bond motifs is 1. The number of carboxylic acid groups (broad SMARTS) is 1. The highest BCUT2D eigenvalue weighted by molar-refractivity contribution is 5.70. The summed E-state index contributed by atoms with van der Waals surface area (Å²) in [4.78, 5) is 15.6. The van der Waals surface area contributed by atoms with Crippen molar-refractivity contribution >= 4 is 11.6 Å². The number of carboxylic acids is 1. The molecule has 0 fully saturated rings. The summed E-state index contributed by atoms with van der Waals surface area (Å²) in [6, 6.07) is 0. The van der Waals surface area contributed by atoms with Crippen molar-refractivity contribution in [2.75, 3.05) is 0 Å². The van der Waals surface area contributed by atoms with Gasteiger partial charge in [0.1, 0.15) is 0 Å². The molecule has 0 amide bonds. The van der Waals surface area contributed by atoms with Crippen LogP contribution in [0.2, 0.25) is 0 Å². The fourth-order valence-corrected chi connectivity index (χ4v) is 2.26. The van der Waals surface area contributed by atoms with Crippen LogP contribution < -0.4 is 0 Å². The summed E-state index contributed by atoms with van der Waals surface area (Å²) in [5, 5.41) is 13.5. The maximum Gasteiger partial charge on any atom is 0.306 e. The lowest BCUT2D eigenvalue weighted by atomic mass is 9.99. The van der Waals surface area contributed by atoms with Gasteiger partial charge in [-0.15, -0.1) is 0 Å². The van der Waals surface area contributed by atoms with Gasteiger partial charge in [-0.3, -0.25) is 4.79 Å². The highest BCUT2D eigenvalue weighted by atomic mass is 16.4. The summed E-state index contributed by atoms with van der Waals surface area (Å²) < 4.78 is 1.82. The van der Waals surface area contributed by atoms with Crippen molar-refractivity contribution in [2.45, 2.75) is 41.0 Å². The van der Waals surface area contributed by atoms with Gasteiger partial charge in [0.25, 0.3) is 0 Å². The molecule has 0 aliphatic rings. The highest BCUT2D eigenvalue weighted by Gasteiger charge is 2.18. The Labute approximate surface area is 112 Å². The molecule has 0 aromatic carbocycles. The lowest BCUT2D eigenvalue weighted by Gasteiger charge is -2.13. The first-order chi connectivity index (χ1) is 8.82. The number of carbonyl (C=O) groups is 1. The zero-order valence-electron chi connectivity index (χ0n) is 12.0. The minimum atomic E-state index is -0.785. The number of aryl methyl sites for hydroxylation is 4. The third-order valence-electron chi connectivity index (χ3n) is 3.73. The predicted octanol–water partition coefficient (Wildman–Crippen LogP) is 2.23. The maximum absolute atomic E-state index is 11.0. The summed E-state index contributed by atoms with van der Waals surface area (Å²) in [7, 11) is 0. The highest BCUT2D eigenvalue weighted by Crippen LogP contribution is 2.21. The van der Waals surface area contributed by atoms with Gasteiger partial charge < -0.3 is 5.11 Å². The molecule has 1 N–H and O–H groups in total. The number of hydrogen-bond donors (Lipinski definition) is 1. The van der Waals surface area contributed by atoms with Crippen molar-refractivity contribution in [3.05, 3.63) is 28.2 Å². The minimum Gasteiger partial charge on any atom is -0.481 e. The second-order valence-electron chi connectivity index (χ2n) is 5.15. The van der Waals surface area contributed by atoms with Crippen LogP contribution in [0.15, 0.2) is 0 Å². The van der Waals surface area contributed by atoms with Crippen LogP contribution in [0.4, 0.5) is 0 Å². The molecule has 0 bridgehead atoms. The van der Waals surface area contributed by atoms with E-state index in [-0.39, 0.29) is 0 Å². The minimum absolute atomic E-state index is 0.422. The molecule has 2 heterocycles. The Morgan fingerprint density at radius 3 is 2.47 bits per heavy atom. The van der Waals surface area contributed by atoms with Crippen molar-refractivity contribution in [2.24, 2.45) is 5.92 Å². The summed E-state index contributed by atoms with van der Waals surface area (Å²) in [6.45, 7) is 9.57. The third-order valence-corrected chi connectivity index (χ3v) is 3.73. The van der Waals surface area contributed by atoms with Crippen LogP contribution in [-0.4, -0.2) is 25.7 Å². The van der Waals surface area contributed by atoms with E-state index in [0.717, 1.165) is 33.9 Å². The summed E-state index contributed by atoms with van der Waals surface area (Å²) in [5.74, 6) is -1.21. The Balaban J connectivity index is 2.60. The van der Waals surface area contributed by atoms with Crippen LogP contribution in [0.25, 0.3) is 5.65 Å². The van der Waals surface area contributed by atoms with Crippen molar-refractivity contribution in [3.63, 3.8) is 0 Å². The van der Waals surface area contributed by atoms with E-state index in [1.807, 2.05) is 32.2 Å². The van der Waals surface area contributed by atoms with E-state index >= 15 is 0 Å². The first-order valence-electron chi connectivity index (χ1n) is 6.37. The second kappa shape index (κ2) is 4.64. The largest absolute Gasteiger partial charge is 0.481 e. The second-order valence-corrected chi connectivity index (χ2v) is 5.15. The number of rotatable bonds is 3. The van der Waals surface area contributed by atoms with Crippen LogP contribution in [0.1, 0.15) is 35.1 Å². The van der Waals surface area contributed by atoms with Crippen LogP contribution in [0.5, 0.6) is 0 Å². The topological polar surface area (TPSA) is 67.5 Å². The van der Waals surface area contributed by atoms with Crippen molar-refractivity contribution < 1.29 is 9.90 Å². The zero-order chi connectivity index (χ0) is 14.3. The maximum atomic E-state index is 11.0. The quantitative estimate of drug-likeness (QED) is 0.920. The average Bonchev–Trinajstić information content (AvgIpc) is 2.62. The van der Waals surface area contributed by atoms with Crippen molar-refractivity contribution in [1.29, 1.82) is 0 Å². The normalized spacial score (nSPS) is 12.9. The van der Waals surface area contributed by atoms with E-state index in [2.05, 4.69) is 10.1 Å². The van der Waals surface area contributed by atoms with Crippen LogP contribution >= 0.6 is 0 Å². The van der Waals surface area contributed by atoms with Crippen molar-refractivity contribution in [1.82, 2.24) is 14.6 Å². The fourth-order valence-electron chi connectivity index (χ4n) is 2.26. The predicted molar refractivity (Wildman–Crippen MR) is 72.4 cm³/mol. The molecule has 19 heavy (non-hydrogen) atoms. The van der Waals surface area contributed by atoms with Gasteiger partial charge in [0, 0.05) is 17.0 Å². The molecule has 2 rings (SSSR count). The SMILES string of the molecule is Cc1nc2c(C)c(C)nn2c(C)c1CC(C)C(=O)O. The van der Waals surface area contributed by atoms with Gasteiger partial charge in [0.05, 0.1) is 11.6 Å². The van der Waals surface area contributed by atoms with E-state index in [1.54, 1.807) is 6.92 Å². The van der Waals surface area contributed by atoms with Crippen LogP contribution in [0.3, 0.4) is 0 Å². The Bertz CT molecular complexity index is 658. The lowest BCUT2D eigenvalue weighted by molar-refractivity contribution is -0.141. The van der Waals surface area contributed by atoms with Crippen LogP contribution in [-0.2, 0) is 11.2 Å². The van der Waals surface area contributed by atoms with E-state index in [4.69, 9.17) is 5.11 Å². The first kappa shape index (κ1) is 13.5. The molecule has 0 saturated heterocycles. The Morgan fingerprint density at radius 2 is 1.89 bits per heavy atom. The van der Waals surface area contributed by atoms with Gasteiger partial charge in [0.15, 0.2) is 5.65 Å². The molecule has 5 heteroatoms. The molecule has 1 atom stereocenters. The molecule has 2 aromatic heterocycles. The van der Waals surface area contributed by atoms with Gasteiger partial charge in [-0.1, -0.05) is 6.92 Å². The molecular weight excluding hydrogens is 242 g/mol. The number of hydrogen-bond acceptors (Lipinski definition) is 3. The monoisotopic (exact) mass is 261 g/mol. The molecule has 0 aliphatic carbocycles. The number of aromatic nitrogens is 3. The van der Waals surface area contributed by atoms with Gasteiger partial charge in [-0.2, -0.15) is 5.10 Å². The molecule has 0 radical (unpaired) electrons. The van der Waals surface area contributed by atoms with Crippen LogP contribution in [0, 0.1) is 33.6 Å². The molecule has 0 spiro atoms. The molecule has 0 aliphatic heterocycles. The summed E-state index contributed by atoms with van der Waals surface area (Å²) >= 11 is 0. The average molecular weight is 261 g/mol. The molecule has 2 aromatic rings. The molecule has 1 unspecified atom stereocenters. The Hall–Kier alpha value is -1.91. The van der Waals surface area contributed by atoms with Crippen molar-refractivity contribution in [3.8, 4) is 0 Å². The molecule has 0 saturated carbocycles. The third kappa shape index (κ3) is 2.20. The molecule has 5 nitrogen and oxygen atoms in total. The Kier molecular flexibility index (Phi) is 3.30. The summed E-state index contributed by atoms with van der Waals surface area (Å²) in [5.41, 5.74) is 5.74. The van der Waals surface area contributed by atoms with E-state index in [9.17, 15) is 4.79 Å². The van der Waals surface area contributed by atoms with E-state index < -0.39 is 11.9 Å². The molecular formula is C14H19N3O2. The summed E-state index contributed by atoms with van der Waals surface area (Å²) in [6.07, 6.45) is 0.480. The lowest BCUT2D eigenvalue weighted by Crippen LogP contribution is -2.16. The zero-order valence-corrected chi connectivity index (χ0v) is 12.0. The van der Waals surface area contributed by atoms with E-state index in [1.165, 1.54) is 0 Å². The smallest absolute Gasteiger partial charge is 0.306 e. The number of aliphatic carboxylic acids is 1. The Morgan fingerprint density at radius 1 is 1.26 bits per heavy atom. The van der Waals surface area contributed by atoms with E-state index in [0.29, 0.717) is 6.42 Å². The first-order valence-corrected chi connectivity index (χ1v) is 6.37. The van der Waals surface area contributed by atoms with Gasteiger partial charge >= 0.3 is 5.97 Å². The van der Waals surface area contributed by atoms with Gasteiger partial charge in [0.2, 0.25) is 0 Å². The van der Waals surface area contributed by atoms with Gasteiger partial charge in [-0.05, 0) is 39.7 Å². The van der Waals surface area contributed by atoms with Gasteiger partial charge in [-0.25, -0.2) is 9.50 Å². The fraction of sp³-hybridized carbons (Fsp3) is 0.500. The standard InChI is InChI=1S/C14H19N3O2/c1-7(14(18)19)6-12-10(4)15-13-8(2)9(3)16-17(13)11(12)5/h7H,6H2,1-5H3,(H,18,19). The number of nitrogens with zero attached hydrogens (tertiary/aromatic N) is 3. The molecule has 102 valence electrons.